The van der Waals surface area contributed by atoms with Crippen LogP contribution in [0.4, 0.5) is 11.4 Å². The Kier molecular flexibility index (Phi) is 3.17. The number of fused-ring (bicyclic) bond motifs is 1. The molecule has 0 saturated carbocycles. The smallest absolute Gasteiger partial charge is 0.261 e. The molecule has 2 aromatic carbocycles. The first-order valence-electron chi connectivity index (χ1n) is 6.46. The highest BCUT2D eigenvalue weighted by molar-refractivity contribution is 7.92. The van der Waals surface area contributed by atoms with Crippen LogP contribution < -0.4 is 10.0 Å². The van der Waals surface area contributed by atoms with Gasteiger partial charge in [-0.2, -0.15) is 0 Å². The van der Waals surface area contributed by atoms with E-state index in [1.807, 2.05) is 19.1 Å². The third kappa shape index (κ3) is 2.75. The standard InChI is InChI=1S/C15H14N2O3S/c1-10-2-4-12(5-3-10)17-21(19,20)13-6-7-14-11(8-13)9-15(18)16-14/h2-8,17H,9H2,1H3,(H,16,18). The number of hydrogen-bond acceptors (Lipinski definition) is 3. The second kappa shape index (κ2) is 4.89. The van der Waals surface area contributed by atoms with Gasteiger partial charge in [-0.15, -0.1) is 0 Å². The largest absolute Gasteiger partial charge is 0.326 e. The van der Waals surface area contributed by atoms with Crippen molar-refractivity contribution in [1.82, 2.24) is 0 Å². The SMILES string of the molecule is Cc1ccc(NS(=O)(=O)c2ccc3c(c2)CC(=O)N3)cc1. The second-order valence-electron chi connectivity index (χ2n) is 5.02. The monoisotopic (exact) mass is 302 g/mol. The van der Waals surface area contributed by atoms with E-state index in [0.29, 0.717) is 16.9 Å². The lowest BCUT2D eigenvalue weighted by Gasteiger charge is -2.09. The molecule has 21 heavy (non-hydrogen) atoms. The molecule has 3 rings (SSSR count). The molecular formula is C15H14N2O3S. The number of aryl methyl sites for hydroxylation is 1. The Hall–Kier alpha value is -2.34. The molecule has 1 aliphatic rings. The Morgan fingerprint density at radius 1 is 1.10 bits per heavy atom. The third-order valence-corrected chi connectivity index (χ3v) is 4.69. The van der Waals surface area contributed by atoms with Gasteiger partial charge in [0.2, 0.25) is 5.91 Å². The molecule has 0 aromatic heterocycles. The number of rotatable bonds is 3. The first-order chi connectivity index (χ1) is 9.94. The molecule has 108 valence electrons. The van der Waals surface area contributed by atoms with Gasteiger partial charge in [0.15, 0.2) is 0 Å². The molecule has 0 saturated heterocycles. The summed E-state index contributed by atoms with van der Waals surface area (Å²) in [5.41, 5.74) is 2.94. The zero-order valence-corrected chi connectivity index (χ0v) is 12.2. The van der Waals surface area contributed by atoms with Gasteiger partial charge in [-0.25, -0.2) is 8.42 Å². The van der Waals surface area contributed by atoms with Gasteiger partial charge in [0.1, 0.15) is 0 Å². The van der Waals surface area contributed by atoms with Crippen molar-refractivity contribution in [1.29, 1.82) is 0 Å². The van der Waals surface area contributed by atoms with Gasteiger partial charge in [-0.05, 0) is 42.8 Å². The second-order valence-corrected chi connectivity index (χ2v) is 6.70. The Morgan fingerprint density at radius 2 is 1.81 bits per heavy atom. The van der Waals surface area contributed by atoms with E-state index in [1.165, 1.54) is 12.1 Å². The van der Waals surface area contributed by atoms with Crippen LogP contribution in [0.5, 0.6) is 0 Å². The summed E-state index contributed by atoms with van der Waals surface area (Å²) in [5.74, 6) is -0.119. The highest BCUT2D eigenvalue weighted by atomic mass is 32.2. The van der Waals surface area contributed by atoms with Crippen molar-refractivity contribution >= 4 is 27.3 Å². The lowest BCUT2D eigenvalue weighted by atomic mass is 10.2. The summed E-state index contributed by atoms with van der Waals surface area (Å²) in [6.07, 6.45) is 0.212. The van der Waals surface area contributed by atoms with Crippen molar-refractivity contribution in [2.75, 3.05) is 10.0 Å². The van der Waals surface area contributed by atoms with Crippen LogP contribution in [-0.4, -0.2) is 14.3 Å². The molecular weight excluding hydrogens is 288 g/mol. The zero-order chi connectivity index (χ0) is 15.0. The van der Waals surface area contributed by atoms with Crippen LogP contribution in [0, 0.1) is 6.92 Å². The molecule has 2 aromatic rings. The maximum Gasteiger partial charge on any atom is 0.261 e. The molecule has 6 heteroatoms. The van der Waals surface area contributed by atoms with Gasteiger partial charge in [0, 0.05) is 11.4 Å². The molecule has 0 bridgehead atoms. The fourth-order valence-corrected chi connectivity index (χ4v) is 3.32. The summed E-state index contributed by atoms with van der Waals surface area (Å²) in [6.45, 7) is 1.93. The van der Waals surface area contributed by atoms with Crippen molar-refractivity contribution in [3.8, 4) is 0 Å². The Balaban J connectivity index is 1.90. The van der Waals surface area contributed by atoms with E-state index >= 15 is 0 Å². The molecule has 1 amide bonds. The summed E-state index contributed by atoms with van der Waals surface area (Å²) in [5, 5.41) is 2.68. The van der Waals surface area contributed by atoms with Crippen molar-refractivity contribution in [2.45, 2.75) is 18.2 Å². The van der Waals surface area contributed by atoms with Crippen LogP contribution in [0.15, 0.2) is 47.4 Å². The molecule has 0 spiro atoms. The number of hydrogen-bond donors (Lipinski definition) is 2. The molecule has 1 heterocycles. The van der Waals surface area contributed by atoms with Crippen molar-refractivity contribution in [3.63, 3.8) is 0 Å². The minimum Gasteiger partial charge on any atom is -0.326 e. The van der Waals surface area contributed by atoms with Gasteiger partial charge in [-0.3, -0.25) is 9.52 Å². The molecule has 0 fully saturated rings. The Labute approximate surface area is 123 Å². The van der Waals surface area contributed by atoms with Crippen LogP contribution in [-0.2, 0) is 21.2 Å². The Morgan fingerprint density at radius 3 is 2.52 bits per heavy atom. The van der Waals surface area contributed by atoms with Crippen LogP contribution in [0.25, 0.3) is 0 Å². The quantitative estimate of drug-likeness (QED) is 0.913. The van der Waals surface area contributed by atoms with Crippen LogP contribution in [0.1, 0.15) is 11.1 Å². The molecule has 5 nitrogen and oxygen atoms in total. The number of amides is 1. The maximum atomic E-state index is 12.4. The van der Waals surface area contributed by atoms with Gasteiger partial charge >= 0.3 is 0 Å². The first-order valence-corrected chi connectivity index (χ1v) is 7.95. The van der Waals surface area contributed by atoms with Crippen molar-refractivity contribution in [3.05, 3.63) is 53.6 Å². The minimum atomic E-state index is -3.65. The number of carbonyl (C=O) groups is 1. The van der Waals surface area contributed by atoms with E-state index in [4.69, 9.17) is 0 Å². The zero-order valence-electron chi connectivity index (χ0n) is 11.4. The molecule has 2 N–H and O–H groups in total. The summed E-state index contributed by atoms with van der Waals surface area (Å²) in [4.78, 5) is 11.5. The normalized spacial score (nSPS) is 13.7. The van der Waals surface area contributed by atoms with E-state index in [1.54, 1.807) is 18.2 Å². The molecule has 0 unspecified atom stereocenters. The maximum absolute atomic E-state index is 12.4. The average molecular weight is 302 g/mol. The van der Waals surface area contributed by atoms with Gasteiger partial charge in [0.05, 0.1) is 11.3 Å². The number of carbonyl (C=O) groups excluding carboxylic acids is 1. The Bertz CT molecular complexity index is 811. The molecule has 0 aliphatic carbocycles. The van der Waals surface area contributed by atoms with Crippen molar-refractivity contribution < 1.29 is 13.2 Å². The third-order valence-electron chi connectivity index (χ3n) is 3.32. The van der Waals surface area contributed by atoms with Crippen LogP contribution in [0.2, 0.25) is 0 Å². The predicted molar refractivity (Wildman–Crippen MR) is 80.8 cm³/mol. The number of benzene rings is 2. The first kappa shape index (κ1) is 13.6. The lowest BCUT2D eigenvalue weighted by molar-refractivity contribution is -0.115. The van der Waals surface area contributed by atoms with Gasteiger partial charge in [-0.1, -0.05) is 17.7 Å². The fourth-order valence-electron chi connectivity index (χ4n) is 2.21. The average Bonchev–Trinajstić information content (AvgIpc) is 2.80. The number of nitrogens with one attached hydrogen (secondary N) is 2. The number of anilines is 2. The van der Waals surface area contributed by atoms with E-state index in [9.17, 15) is 13.2 Å². The summed E-state index contributed by atoms with van der Waals surface area (Å²) >= 11 is 0. The lowest BCUT2D eigenvalue weighted by Crippen LogP contribution is -2.13. The fraction of sp³-hybridized carbons (Fsp3) is 0.133. The number of sulfonamides is 1. The van der Waals surface area contributed by atoms with E-state index in [0.717, 1.165) is 5.56 Å². The highest BCUT2D eigenvalue weighted by Crippen LogP contribution is 2.26. The van der Waals surface area contributed by atoms with Gasteiger partial charge in [0.25, 0.3) is 10.0 Å². The van der Waals surface area contributed by atoms with Crippen LogP contribution >= 0.6 is 0 Å². The van der Waals surface area contributed by atoms with Crippen LogP contribution in [0.3, 0.4) is 0 Å². The van der Waals surface area contributed by atoms with Crippen molar-refractivity contribution in [2.24, 2.45) is 0 Å². The van der Waals surface area contributed by atoms with E-state index < -0.39 is 10.0 Å². The van der Waals surface area contributed by atoms with E-state index in [-0.39, 0.29) is 17.2 Å². The molecule has 0 atom stereocenters. The van der Waals surface area contributed by atoms with E-state index in [2.05, 4.69) is 10.0 Å². The minimum absolute atomic E-state index is 0.119. The molecule has 0 radical (unpaired) electrons. The predicted octanol–water partition coefficient (Wildman–Crippen LogP) is 2.29. The topological polar surface area (TPSA) is 75.3 Å². The summed E-state index contributed by atoms with van der Waals surface area (Å²) in [6, 6.07) is 11.7. The molecule has 1 aliphatic heterocycles. The summed E-state index contributed by atoms with van der Waals surface area (Å²) in [7, 11) is -3.65. The summed E-state index contributed by atoms with van der Waals surface area (Å²) < 4.78 is 27.2. The van der Waals surface area contributed by atoms with Gasteiger partial charge < -0.3 is 5.32 Å². The highest BCUT2D eigenvalue weighted by Gasteiger charge is 2.21.